The number of ether oxygens (including phenoxy) is 1. The van der Waals surface area contributed by atoms with Crippen LogP contribution in [0.15, 0.2) is 18.2 Å². The molecule has 1 aromatic rings. The highest BCUT2D eigenvalue weighted by Crippen LogP contribution is 2.22. The van der Waals surface area contributed by atoms with Gasteiger partial charge in [-0.2, -0.15) is 0 Å². The molecule has 0 aliphatic carbocycles. The highest BCUT2D eigenvalue weighted by atomic mass is 35.5. The van der Waals surface area contributed by atoms with Crippen LogP contribution in [0, 0.1) is 0 Å². The van der Waals surface area contributed by atoms with Gasteiger partial charge in [0.25, 0.3) is 0 Å². The smallest absolute Gasteiger partial charge is 0.0627 e. The first-order valence-corrected chi connectivity index (χ1v) is 6.37. The molecule has 96 valence electrons. The second kappa shape index (κ2) is 6.05. The van der Waals surface area contributed by atoms with E-state index >= 15 is 0 Å². The summed E-state index contributed by atoms with van der Waals surface area (Å²) in [6.45, 7) is 6.54. The van der Waals surface area contributed by atoms with Gasteiger partial charge in [-0.05, 0) is 44.9 Å². The summed E-state index contributed by atoms with van der Waals surface area (Å²) < 4.78 is 5.63. The minimum absolute atomic E-state index is 0.0621. The molecule has 0 heterocycles. The predicted molar refractivity (Wildman–Crippen MR) is 73.8 cm³/mol. The van der Waals surface area contributed by atoms with E-state index in [1.54, 1.807) is 6.07 Å². The molecule has 4 heteroatoms. The lowest BCUT2D eigenvalue weighted by molar-refractivity contribution is -0.00982. The number of halogens is 2. The summed E-state index contributed by atoms with van der Waals surface area (Å²) in [5.74, 6) is 0. The van der Waals surface area contributed by atoms with Crippen LogP contribution in [0.1, 0.15) is 26.3 Å². The third-order valence-electron chi connectivity index (χ3n) is 2.23. The van der Waals surface area contributed by atoms with Crippen molar-refractivity contribution in [1.29, 1.82) is 0 Å². The van der Waals surface area contributed by atoms with Crippen LogP contribution >= 0.6 is 23.2 Å². The van der Waals surface area contributed by atoms with Gasteiger partial charge in [0, 0.05) is 16.1 Å². The largest absolute Gasteiger partial charge is 0.374 e. The maximum Gasteiger partial charge on any atom is 0.0627 e. The minimum Gasteiger partial charge on any atom is -0.374 e. The van der Waals surface area contributed by atoms with Gasteiger partial charge in [-0.15, -0.1) is 0 Å². The molecule has 0 aromatic heterocycles. The van der Waals surface area contributed by atoms with E-state index in [9.17, 15) is 0 Å². The summed E-state index contributed by atoms with van der Waals surface area (Å²) in [6.07, 6.45) is 0.687. The van der Waals surface area contributed by atoms with Crippen LogP contribution in [0.25, 0.3) is 0 Å². The highest BCUT2D eigenvalue weighted by molar-refractivity contribution is 6.35. The van der Waals surface area contributed by atoms with E-state index in [0.717, 1.165) is 5.56 Å². The normalized spacial score (nSPS) is 13.8. The molecule has 0 radical (unpaired) electrons. The van der Waals surface area contributed by atoms with Crippen LogP contribution in [-0.2, 0) is 11.2 Å². The van der Waals surface area contributed by atoms with Gasteiger partial charge in [0.05, 0.1) is 12.2 Å². The van der Waals surface area contributed by atoms with Crippen LogP contribution in [0.2, 0.25) is 10.0 Å². The Morgan fingerprint density at radius 1 is 1.29 bits per heavy atom. The van der Waals surface area contributed by atoms with Crippen molar-refractivity contribution in [2.45, 2.75) is 38.8 Å². The molecule has 0 spiro atoms. The molecule has 1 unspecified atom stereocenters. The Kier molecular flexibility index (Phi) is 5.26. The molecule has 1 aromatic carbocycles. The van der Waals surface area contributed by atoms with Crippen LogP contribution in [0.4, 0.5) is 0 Å². The summed E-state index contributed by atoms with van der Waals surface area (Å²) in [5.41, 5.74) is 6.84. The van der Waals surface area contributed by atoms with E-state index in [1.165, 1.54) is 0 Å². The number of hydrogen-bond donors (Lipinski definition) is 1. The zero-order valence-corrected chi connectivity index (χ0v) is 12.0. The van der Waals surface area contributed by atoms with E-state index in [-0.39, 0.29) is 11.6 Å². The van der Waals surface area contributed by atoms with Crippen molar-refractivity contribution in [1.82, 2.24) is 0 Å². The molecule has 0 bridgehead atoms. The molecule has 0 aliphatic heterocycles. The molecule has 2 nitrogen and oxygen atoms in total. The summed E-state index contributed by atoms with van der Waals surface area (Å²) in [6, 6.07) is 5.39. The van der Waals surface area contributed by atoms with Gasteiger partial charge in [-0.25, -0.2) is 0 Å². The lowest BCUT2D eigenvalue weighted by Gasteiger charge is -2.22. The molecule has 0 fully saturated rings. The first-order chi connectivity index (χ1) is 7.78. The fraction of sp³-hybridized carbons (Fsp3) is 0.538. The molecule has 0 saturated carbocycles. The number of nitrogens with two attached hydrogens (primary N) is 1. The van der Waals surface area contributed by atoms with Crippen LogP contribution in [0.3, 0.4) is 0 Å². The summed E-state index contributed by atoms with van der Waals surface area (Å²) in [4.78, 5) is 0. The van der Waals surface area contributed by atoms with E-state index < -0.39 is 0 Å². The average molecular weight is 276 g/mol. The van der Waals surface area contributed by atoms with Crippen molar-refractivity contribution < 1.29 is 4.74 Å². The van der Waals surface area contributed by atoms with Crippen molar-refractivity contribution in [3.63, 3.8) is 0 Å². The van der Waals surface area contributed by atoms with E-state index in [2.05, 4.69) is 0 Å². The lowest BCUT2D eigenvalue weighted by atomic mass is 10.1. The fourth-order valence-corrected chi connectivity index (χ4v) is 1.87. The third kappa shape index (κ3) is 5.73. The maximum absolute atomic E-state index is 6.08. The van der Waals surface area contributed by atoms with Crippen LogP contribution < -0.4 is 5.73 Å². The van der Waals surface area contributed by atoms with E-state index in [0.29, 0.717) is 23.1 Å². The topological polar surface area (TPSA) is 35.2 Å². The van der Waals surface area contributed by atoms with E-state index in [4.69, 9.17) is 33.7 Å². The number of benzene rings is 1. The van der Waals surface area contributed by atoms with Gasteiger partial charge in [0.15, 0.2) is 0 Å². The standard InChI is InChI=1S/C13H19Cl2NO/c1-13(2,3)17-8-11(16)6-9-4-5-10(14)7-12(9)15/h4-5,7,11H,6,8,16H2,1-3H3. The first-order valence-electron chi connectivity index (χ1n) is 5.61. The summed E-state index contributed by atoms with van der Waals surface area (Å²) >= 11 is 11.9. The van der Waals surface area contributed by atoms with Crippen molar-refractivity contribution in [3.05, 3.63) is 33.8 Å². The monoisotopic (exact) mass is 275 g/mol. The van der Waals surface area contributed by atoms with Gasteiger partial charge < -0.3 is 10.5 Å². The highest BCUT2D eigenvalue weighted by Gasteiger charge is 2.14. The Morgan fingerprint density at radius 3 is 2.47 bits per heavy atom. The van der Waals surface area contributed by atoms with Gasteiger partial charge in [0.1, 0.15) is 0 Å². The van der Waals surface area contributed by atoms with Crippen molar-refractivity contribution >= 4 is 23.2 Å². The Labute approximate surface area is 113 Å². The molecule has 0 aliphatic rings. The van der Waals surface area contributed by atoms with Crippen molar-refractivity contribution in [2.75, 3.05) is 6.61 Å². The van der Waals surface area contributed by atoms with Gasteiger partial charge >= 0.3 is 0 Å². The quantitative estimate of drug-likeness (QED) is 0.910. The van der Waals surface area contributed by atoms with Gasteiger partial charge in [-0.1, -0.05) is 29.3 Å². The predicted octanol–water partition coefficient (Wildman–Crippen LogP) is 3.68. The SMILES string of the molecule is CC(C)(C)OCC(N)Cc1ccc(Cl)cc1Cl. The number of hydrogen-bond acceptors (Lipinski definition) is 2. The molecular formula is C13H19Cl2NO. The third-order valence-corrected chi connectivity index (χ3v) is 2.81. The second-order valence-electron chi connectivity index (χ2n) is 5.12. The maximum atomic E-state index is 6.08. The zero-order valence-electron chi connectivity index (χ0n) is 10.5. The lowest BCUT2D eigenvalue weighted by Crippen LogP contribution is -2.33. The van der Waals surface area contributed by atoms with Crippen LogP contribution in [0.5, 0.6) is 0 Å². The van der Waals surface area contributed by atoms with Crippen molar-refractivity contribution in [2.24, 2.45) is 5.73 Å². The zero-order chi connectivity index (χ0) is 13.1. The molecular weight excluding hydrogens is 257 g/mol. The number of rotatable bonds is 4. The fourth-order valence-electron chi connectivity index (χ4n) is 1.39. The van der Waals surface area contributed by atoms with Gasteiger partial charge in [0.2, 0.25) is 0 Å². The molecule has 17 heavy (non-hydrogen) atoms. The average Bonchev–Trinajstić information content (AvgIpc) is 2.18. The van der Waals surface area contributed by atoms with E-state index in [1.807, 2.05) is 32.9 Å². The Balaban J connectivity index is 2.53. The van der Waals surface area contributed by atoms with Crippen LogP contribution in [-0.4, -0.2) is 18.2 Å². The second-order valence-corrected chi connectivity index (χ2v) is 5.97. The Morgan fingerprint density at radius 2 is 1.94 bits per heavy atom. The molecule has 0 saturated heterocycles. The minimum atomic E-state index is -0.165. The summed E-state index contributed by atoms with van der Waals surface area (Å²) in [5, 5.41) is 1.29. The first kappa shape index (κ1) is 14.8. The Hall–Kier alpha value is -0.280. The molecule has 2 N–H and O–H groups in total. The Bertz CT molecular complexity index is 374. The molecule has 1 atom stereocenters. The molecule has 0 amide bonds. The summed E-state index contributed by atoms with van der Waals surface area (Å²) in [7, 11) is 0. The van der Waals surface area contributed by atoms with Gasteiger partial charge in [-0.3, -0.25) is 0 Å². The molecule has 1 rings (SSSR count). The van der Waals surface area contributed by atoms with Crippen molar-refractivity contribution in [3.8, 4) is 0 Å².